The molecule has 0 heterocycles. The first-order valence-corrected chi connectivity index (χ1v) is 8.56. The third kappa shape index (κ3) is 6.41. The number of nitrogens with zero attached hydrogens (tertiary/aromatic N) is 1. The first-order chi connectivity index (χ1) is 10.4. The Morgan fingerprint density at radius 2 is 1.96 bits per heavy atom. The van der Waals surface area contributed by atoms with Crippen molar-refractivity contribution in [2.24, 2.45) is 11.7 Å². The summed E-state index contributed by atoms with van der Waals surface area (Å²) in [6, 6.07) is 7.00. The van der Waals surface area contributed by atoms with Crippen LogP contribution in [0.4, 0.5) is 5.69 Å². The van der Waals surface area contributed by atoms with Crippen molar-refractivity contribution in [2.75, 3.05) is 25.2 Å². The van der Waals surface area contributed by atoms with Gasteiger partial charge in [-0.1, -0.05) is 32.4 Å². The number of carbonyl (C=O) groups excluding carboxylic acids is 2. The fourth-order valence-electron chi connectivity index (χ4n) is 1.98. The molecule has 2 unspecified atom stereocenters. The molecule has 0 fully saturated rings. The van der Waals surface area contributed by atoms with Crippen LogP contribution in [-0.2, 0) is 9.59 Å². The number of halogens is 1. The van der Waals surface area contributed by atoms with E-state index >= 15 is 0 Å². The van der Waals surface area contributed by atoms with E-state index in [1.54, 1.807) is 18.8 Å². The molecule has 3 N–H and O–H groups in total. The highest BCUT2D eigenvalue weighted by Crippen LogP contribution is 2.24. The van der Waals surface area contributed by atoms with Gasteiger partial charge in [-0.05, 0) is 24.3 Å². The maximum atomic E-state index is 12.2. The number of hydrogen-bond acceptors (Lipinski definition) is 4. The smallest absolute Gasteiger partial charge is 0.244 e. The summed E-state index contributed by atoms with van der Waals surface area (Å²) in [6.45, 7) is 3.92. The van der Waals surface area contributed by atoms with E-state index in [0.29, 0.717) is 0 Å². The molecule has 0 saturated heterocycles. The van der Waals surface area contributed by atoms with Crippen LogP contribution in [0.3, 0.4) is 0 Å². The minimum atomic E-state index is -0.568. The monoisotopic (exact) mass is 359 g/mol. The molecule has 1 rings (SSSR count). The zero-order valence-corrected chi connectivity index (χ0v) is 15.7. The molecule has 130 valence electrons. The number of nitrogens with two attached hydrogens (primary N) is 1. The molecule has 0 aliphatic heterocycles. The van der Waals surface area contributed by atoms with Gasteiger partial charge in [-0.2, -0.15) is 0 Å². The molecule has 1 aromatic rings. The van der Waals surface area contributed by atoms with E-state index in [9.17, 15) is 9.59 Å². The van der Waals surface area contributed by atoms with Crippen molar-refractivity contribution in [3.05, 3.63) is 24.3 Å². The number of carbonyl (C=O) groups is 2. The predicted octanol–water partition coefficient (Wildman–Crippen LogP) is 2.60. The van der Waals surface area contributed by atoms with Crippen LogP contribution in [0, 0.1) is 5.92 Å². The lowest BCUT2D eigenvalue weighted by Crippen LogP contribution is -2.47. The van der Waals surface area contributed by atoms with Crippen molar-refractivity contribution in [3.63, 3.8) is 0 Å². The summed E-state index contributed by atoms with van der Waals surface area (Å²) in [5, 5.41) is 2.83. The maximum absolute atomic E-state index is 12.2. The quantitative estimate of drug-likeness (QED) is 0.734. The first-order valence-electron chi connectivity index (χ1n) is 7.34. The zero-order chi connectivity index (χ0) is 16.7. The van der Waals surface area contributed by atoms with Gasteiger partial charge in [0.2, 0.25) is 11.8 Å². The average molecular weight is 360 g/mol. The van der Waals surface area contributed by atoms with Crippen LogP contribution < -0.4 is 11.1 Å². The molecule has 0 spiro atoms. The average Bonchev–Trinajstić information content (AvgIpc) is 2.52. The minimum absolute atomic E-state index is 0. The fourth-order valence-corrected chi connectivity index (χ4v) is 2.54. The Morgan fingerprint density at radius 1 is 1.35 bits per heavy atom. The molecule has 2 amide bonds. The fraction of sp³-hybridized carbons (Fsp3) is 0.500. The van der Waals surface area contributed by atoms with Crippen LogP contribution in [-0.4, -0.2) is 42.6 Å². The molecule has 0 radical (unpaired) electrons. The lowest BCUT2D eigenvalue weighted by atomic mass is 9.99. The van der Waals surface area contributed by atoms with Gasteiger partial charge in [-0.25, -0.2) is 0 Å². The summed E-state index contributed by atoms with van der Waals surface area (Å²) in [5.74, 6) is -0.341. The van der Waals surface area contributed by atoms with E-state index in [-0.39, 0.29) is 36.7 Å². The van der Waals surface area contributed by atoms with Gasteiger partial charge in [0.1, 0.15) is 0 Å². The van der Waals surface area contributed by atoms with Gasteiger partial charge < -0.3 is 16.0 Å². The lowest BCUT2D eigenvalue weighted by Gasteiger charge is -2.24. The van der Waals surface area contributed by atoms with Crippen LogP contribution in [0.5, 0.6) is 0 Å². The summed E-state index contributed by atoms with van der Waals surface area (Å²) >= 11 is 1.56. The van der Waals surface area contributed by atoms with Gasteiger partial charge in [0.05, 0.1) is 18.3 Å². The highest BCUT2D eigenvalue weighted by Gasteiger charge is 2.24. The Labute approximate surface area is 148 Å². The lowest BCUT2D eigenvalue weighted by molar-refractivity contribution is -0.135. The minimum Gasteiger partial charge on any atom is -0.335 e. The van der Waals surface area contributed by atoms with Crippen molar-refractivity contribution in [3.8, 4) is 0 Å². The molecule has 0 saturated carbocycles. The van der Waals surface area contributed by atoms with Gasteiger partial charge in [0.25, 0.3) is 0 Å². The second-order valence-electron chi connectivity index (χ2n) is 5.35. The maximum Gasteiger partial charge on any atom is 0.244 e. The summed E-state index contributed by atoms with van der Waals surface area (Å²) in [4.78, 5) is 26.6. The Bertz CT molecular complexity index is 528. The Hall–Kier alpha value is -1.24. The molecule has 23 heavy (non-hydrogen) atoms. The Morgan fingerprint density at radius 3 is 2.52 bits per heavy atom. The number of rotatable bonds is 7. The van der Waals surface area contributed by atoms with Gasteiger partial charge in [-0.15, -0.1) is 24.2 Å². The highest BCUT2D eigenvalue weighted by molar-refractivity contribution is 7.98. The van der Waals surface area contributed by atoms with Crippen molar-refractivity contribution < 1.29 is 9.59 Å². The number of hydrogen-bond donors (Lipinski definition) is 2. The molecule has 0 aliphatic rings. The van der Waals surface area contributed by atoms with Crippen molar-refractivity contribution >= 4 is 41.7 Å². The van der Waals surface area contributed by atoms with E-state index in [1.807, 2.05) is 44.4 Å². The van der Waals surface area contributed by atoms with Crippen LogP contribution in [0.25, 0.3) is 0 Å². The van der Waals surface area contributed by atoms with Gasteiger partial charge in [0, 0.05) is 11.9 Å². The van der Waals surface area contributed by atoms with Crippen molar-refractivity contribution in [1.29, 1.82) is 0 Å². The normalized spacial score (nSPS) is 12.7. The number of nitrogens with one attached hydrogen (secondary N) is 1. The van der Waals surface area contributed by atoms with E-state index in [4.69, 9.17) is 5.73 Å². The number of para-hydroxylation sites is 1. The third-order valence-electron chi connectivity index (χ3n) is 3.68. The summed E-state index contributed by atoms with van der Waals surface area (Å²) < 4.78 is 0. The van der Waals surface area contributed by atoms with Crippen molar-refractivity contribution in [1.82, 2.24) is 4.90 Å². The molecule has 0 aromatic heterocycles. The second-order valence-corrected chi connectivity index (χ2v) is 6.20. The van der Waals surface area contributed by atoms with Gasteiger partial charge >= 0.3 is 0 Å². The van der Waals surface area contributed by atoms with Crippen LogP contribution in [0.15, 0.2) is 29.2 Å². The summed E-state index contributed by atoms with van der Waals surface area (Å²) in [5.41, 5.74) is 6.68. The molecule has 2 atom stereocenters. The highest BCUT2D eigenvalue weighted by atomic mass is 35.5. The SMILES string of the molecule is CCC(C)C(N)C(=O)N(C)CC(=O)Nc1ccccc1SC.Cl. The van der Waals surface area contributed by atoms with Crippen molar-refractivity contribution in [2.45, 2.75) is 31.2 Å². The van der Waals surface area contributed by atoms with Crippen LogP contribution >= 0.6 is 24.2 Å². The van der Waals surface area contributed by atoms with Crippen LogP contribution in [0.2, 0.25) is 0 Å². The molecule has 0 aliphatic carbocycles. The third-order valence-corrected chi connectivity index (χ3v) is 4.48. The van der Waals surface area contributed by atoms with E-state index in [0.717, 1.165) is 17.0 Å². The molecule has 1 aromatic carbocycles. The molecular weight excluding hydrogens is 334 g/mol. The molecule has 7 heteroatoms. The van der Waals surface area contributed by atoms with Gasteiger partial charge in [-0.3, -0.25) is 9.59 Å². The standard InChI is InChI=1S/C16H25N3O2S.ClH/c1-5-11(2)15(17)16(21)19(3)10-14(20)18-12-8-6-7-9-13(12)22-4;/h6-9,11,15H,5,10,17H2,1-4H3,(H,18,20);1H. The number of amides is 2. The summed E-state index contributed by atoms with van der Waals surface area (Å²) in [6.07, 6.45) is 2.78. The molecular formula is C16H26ClN3O2S. The molecule has 5 nitrogen and oxygen atoms in total. The van der Waals surface area contributed by atoms with E-state index in [2.05, 4.69) is 5.32 Å². The second kappa shape index (κ2) is 10.5. The Balaban J connectivity index is 0.00000484. The van der Waals surface area contributed by atoms with Crippen LogP contribution in [0.1, 0.15) is 20.3 Å². The first kappa shape index (κ1) is 21.8. The summed E-state index contributed by atoms with van der Waals surface area (Å²) in [7, 11) is 1.60. The van der Waals surface area contributed by atoms with Gasteiger partial charge in [0.15, 0.2) is 0 Å². The Kier molecular flexibility index (Phi) is 9.95. The van der Waals surface area contributed by atoms with E-state index in [1.165, 1.54) is 4.90 Å². The predicted molar refractivity (Wildman–Crippen MR) is 99.2 cm³/mol. The number of likely N-dealkylation sites (N-methyl/N-ethyl adjacent to an activating group) is 1. The molecule has 0 bridgehead atoms. The number of thioether (sulfide) groups is 1. The number of anilines is 1. The zero-order valence-electron chi connectivity index (χ0n) is 14.0. The van der Waals surface area contributed by atoms with E-state index < -0.39 is 6.04 Å². The topological polar surface area (TPSA) is 75.4 Å². The largest absolute Gasteiger partial charge is 0.335 e. The number of benzene rings is 1.